The van der Waals surface area contributed by atoms with E-state index in [1.165, 1.54) is 81.8 Å². The summed E-state index contributed by atoms with van der Waals surface area (Å²) in [6, 6.07) is 16.8. The average molecular weight is 632 g/mol. The smallest absolute Gasteiger partial charge is 0.223 e. The minimum absolute atomic E-state index is 0. The first kappa shape index (κ1) is 34.3. The van der Waals surface area contributed by atoms with Crippen molar-refractivity contribution < 1.29 is 9.53 Å². The zero-order valence-corrected chi connectivity index (χ0v) is 27.4. The molecule has 2 aromatic carbocycles. The number of rotatable bonds is 20. The van der Waals surface area contributed by atoms with E-state index in [2.05, 4.69) is 65.9 Å². The number of hydrogen-bond donors (Lipinski definition) is 0. The predicted octanol–water partition coefficient (Wildman–Crippen LogP) is 9.92. The van der Waals surface area contributed by atoms with Crippen molar-refractivity contribution in [2.45, 2.75) is 104 Å². The van der Waals surface area contributed by atoms with Crippen LogP contribution >= 0.6 is 28.7 Å². The summed E-state index contributed by atoms with van der Waals surface area (Å²) in [5.41, 5.74) is 3.41. The maximum Gasteiger partial charge on any atom is 0.223 e. The number of hydrogen-bond acceptors (Lipinski definition) is 4. The fraction of sp³-hybridized carbons (Fsp3) is 0.559. The van der Waals surface area contributed by atoms with Gasteiger partial charge in [0.15, 0.2) is 0 Å². The maximum atomic E-state index is 12.5. The molecule has 0 unspecified atom stereocenters. The molecule has 1 aliphatic rings. The molecule has 40 heavy (non-hydrogen) atoms. The Morgan fingerprint density at radius 2 is 1.52 bits per heavy atom. The van der Waals surface area contributed by atoms with Crippen LogP contribution in [0.4, 0.5) is 5.69 Å². The first-order valence-corrected chi connectivity index (χ1v) is 16.3. The normalized spacial score (nSPS) is 12.4. The Bertz CT molecular complexity index is 982. The van der Waals surface area contributed by atoms with Gasteiger partial charge in [0.2, 0.25) is 5.91 Å². The number of ether oxygens (including phenoxy) is 1. The summed E-state index contributed by atoms with van der Waals surface area (Å²) in [5.74, 6) is 2.00. The summed E-state index contributed by atoms with van der Waals surface area (Å²) in [5, 5.41) is 2.13. The molecule has 0 saturated heterocycles. The molecule has 1 amide bonds. The van der Waals surface area contributed by atoms with Gasteiger partial charge >= 0.3 is 0 Å². The summed E-state index contributed by atoms with van der Waals surface area (Å²) in [6.45, 7) is 6.25. The summed E-state index contributed by atoms with van der Waals surface area (Å²) in [4.78, 5) is 16.6. The minimum Gasteiger partial charge on any atom is -0.494 e. The van der Waals surface area contributed by atoms with E-state index in [0.717, 1.165) is 43.3 Å². The maximum absolute atomic E-state index is 12.5. The zero-order valence-electron chi connectivity index (χ0n) is 24.8. The molecule has 0 radical (unpaired) electrons. The topological polar surface area (TPSA) is 32.8 Å². The molecule has 222 valence electrons. The number of carbonyl (C=O) groups excluding carboxylic acids is 1. The molecule has 0 N–H and O–H groups in total. The molecule has 6 heteroatoms. The van der Waals surface area contributed by atoms with Crippen molar-refractivity contribution in [3.63, 3.8) is 0 Å². The van der Waals surface area contributed by atoms with Gasteiger partial charge in [-0.05, 0) is 53.6 Å². The zero-order chi connectivity index (χ0) is 27.5. The molecule has 3 rings (SSSR count). The van der Waals surface area contributed by atoms with E-state index in [1.807, 2.05) is 22.7 Å². The summed E-state index contributed by atoms with van der Waals surface area (Å²) >= 11 is 1.81. The lowest BCUT2D eigenvalue weighted by molar-refractivity contribution is -0.116. The van der Waals surface area contributed by atoms with E-state index in [0.29, 0.717) is 6.54 Å². The molecule has 0 spiro atoms. The van der Waals surface area contributed by atoms with Crippen LogP contribution in [0.25, 0.3) is 0 Å². The van der Waals surface area contributed by atoms with Crippen molar-refractivity contribution in [2.75, 3.05) is 23.9 Å². The lowest BCUT2D eigenvalue weighted by Crippen LogP contribution is -2.30. The Kier molecular flexibility index (Phi) is 17.9. The quantitative estimate of drug-likeness (QED) is 0.136. The standard InChI is InChI=1S/C34H50N2O2S.BrH/c1-3-4-5-6-7-8-9-10-11-12-13-14-25-38-34-20-18-31(19-21-34)22-23-36(30(2)37)33-17-15-16-32(27-33)28-35-24-26-39-29-35;/h15-21,24,26-27H,3-14,22-23,25,28-29H2,1-2H3;1H. The van der Waals surface area contributed by atoms with Crippen molar-refractivity contribution in [1.29, 1.82) is 0 Å². The Balaban J connectivity index is 0.00000560. The second-order valence-electron chi connectivity index (χ2n) is 10.8. The van der Waals surface area contributed by atoms with Crippen molar-refractivity contribution in [3.05, 3.63) is 71.3 Å². The molecule has 1 heterocycles. The summed E-state index contributed by atoms with van der Waals surface area (Å²) in [6.07, 6.45) is 19.2. The van der Waals surface area contributed by atoms with Crippen LogP contribution in [0.3, 0.4) is 0 Å². The van der Waals surface area contributed by atoms with Crippen LogP contribution in [-0.2, 0) is 17.8 Å². The third-order valence-electron chi connectivity index (χ3n) is 7.41. The molecule has 0 fully saturated rings. The van der Waals surface area contributed by atoms with Gasteiger partial charge in [-0.1, -0.05) is 102 Å². The number of unbranched alkanes of at least 4 members (excludes halogenated alkanes) is 11. The van der Waals surface area contributed by atoms with Gasteiger partial charge < -0.3 is 14.5 Å². The lowest BCUT2D eigenvalue weighted by Gasteiger charge is -2.23. The van der Waals surface area contributed by atoms with Gasteiger partial charge in [-0.25, -0.2) is 0 Å². The van der Waals surface area contributed by atoms with E-state index in [1.54, 1.807) is 6.92 Å². The second kappa shape index (κ2) is 20.9. The lowest BCUT2D eigenvalue weighted by atomic mass is 10.1. The Morgan fingerprint density at radius 3 is 2.12 bits per heavy atom. The van der Waals surface area contributed by atoms with Gasteiger partial charge in [0.25, 0.3) is 0 Å². The number of amides is 1. The highest BCUT2D eigenvalue weighted by Crippen LogP contribution is 2.22. The highest BCUT2D eigenvalue weighted by atomic mass is 79.9. The molecule has 1 aliphatic heterocycles. The molecule has 0 atom stereocenters. The van der Waals surface area contributed by atoms with E-state index in [9.17, 15) is 4.79 Å². The highest BCUT2D eigenvalue weighted by molar-refractivity contribution is 8.93. The number of halogens is 1. The van der Waals surface area contributed by atoms with Gasteiger partial charge in [0, 0.05) is 31.9 Å². The van der Waals surface area contributed by atoms with E-state index >= 15 is 0 Å². The van der Waals surface area contributed by atoms with Crippen molar-refractivity contribution >= 4 is 40.3 Å². The first-order chi connectivity index (χ1) is 19.2. The molecule has 0 aliphatic carbocycles. The number of nitrogens with zero attached hydrogens (tertiary/aromatic N) is 2. The Morgan fingerprint density at radius 1 is 0.875 bits per heavy atom. The minimum atomic E-state index is 0. The van der Waals surface area contributed by atoms with E-state index in [4.69, 9.17) is 4.74 Å². The highest BCUT2D eigenvalue weighted by Gasteiger charge is 2.13. The van der Waals surface area contributed by atoms with Crippen LogP contribution < -0.4 is 9.64 Å². The molecular formula is C34H51BrN2O2S. The molecule has 4 nitrogen and oxygen atoms in total. The molecule has 0 saturated carbocycles. The van der Waals surface area contributed by atoms with Crippen LogP contribution in [0.1, 0.15) is 102 Å². The molecular weight excluding hydrogens is 580 g/mol. The van der Waals surface area contributed by atoms with Gasteiger partial charge in [-0.2, -0.15) is 0 Å². The second-order valence-corrected chi connectivity index (χ2v) is 11.7. The van der Waals surface area contributed by atoms with Crippen LogP contribution in [0.2, 0.25) is 0 Å². The van der Waals surface area contributed by atoms with Crippen LogP contribution in [-0.4, -0.2) is 29.8 Å². The summed E-state index contributed by atoms with van der Waals surface area (Å²) < 4.78 is 5.98. The number of anilines is 1. The number of carbonyl (C=O) groups is 1. The van der Waals surface area contributed by atoms with Gasteiger partial charge in [-0.15, -0.1) is 28.7 Å². The Hall–Kier alpha value is -1.92. The number of thioether (sulfide) groups is 1. The molecule has 0 bridgehead atoms. The summed E-state index contributed by atoms with van der Waals surface area (Å²) in [7, 11) is 0. The van der Waals surface area contributed by atoms with Crippen molar-refractivity contribution in [1.82, 2.24) is 4.90 Å². The SMILES string of the molecule is Br.CCCCCCCCCCCCCCOc1ccc(CCN(C(C)=O)c2cccc(CN3C=CSC3)c2)cc1. The third-order valence-corrected chi connectivity index (χ3v) is 8.21. The van der Waals surface area contributed by atoms with Gasteiger partial charge in [-0.3, -0.25) is 4.79 Å². The predicted molar refractivity (Wildman–Crippen MR) is 179 cm³/mol. The van der Waals surface area contributed by atoms with E-state index in [-0.39, 0.29) is 22.9 Å². The molecule has 2 aromatic rings. The van der Waals surface area contributed by atoms with Gasteiger partial charge in [0.05, 0.1) is 12.5 Å². The van der Waals surface area contributed by atoms with Crippen molar-refractivity contribution in [3.8, 4) is 5.75 Å². The van der Waals surface area contributed by atoms with Crippen LogP contribution in [0.5, 0.6) is 5.75 Å². The molecule has 0 aromatic heterocycles. The van der Waals surface area contributed by atoms with Crippen molar-refractivity contribution in [2.24, 2.45) is 0 Å². The van der Waals surface area contributed by atoms with Crippen LogP contribution in [0, 0.1) is 0 Å². The fourth-order valence-electron chi connectivity index (χ4n) is 5.06. The van der Waals surface area contributed by atoms with E-state index < -0.39 is 0 Å². The van der Waals surface area contributed by atoms with Crippen LogP contribution in [0.15, 0.2) is 60.1 Å². The average Bonchev–Trinajstić information content (AvgIpc) is 3.45. The fourth-order valence-corrected chi connectivity index (χ4v) is 5.77. The largest absolute Gasteiger partial charge is 0.494 e. The monoisotopic (exact) mass is 630 g/mol. The third kappa shape index (κ3) is 13.6. The number of benzene rings is 2. The first-order valence-electron chi connectivity index (χ1n) is 15.3. The Labute approximate surface area is 258 Å². The van der Waals surface area contributed by atoms with Gasteiger partial charge in [0.1, 0.15) is 5.75 Å².